The summed E-state index contributed by atoms with van der Waals surface area (Å²) in [6.45, 7) is 1.48. The van der Waals surface area contributed by atoms with Gasteiger partial charge in [0.15, 0.2) is 0 Å². The predicted octanol–water partition coefficient (Wildman–Crippen LogP) is 6.02. The minimum Gasteiger partial charge on any atom is -0.497 e. The van der Waals surface area contributed by atoms with Crippen molar-refractivity contribution in [3.8, 4) is 5.75 Å². The molecule has 0 aliphatic heterocycles. The predicted molar refractivity (Wildman–Crippen MR) is 151 cm³/mol. The van der Waals surface area contributed by atoms with Crippen LogP contribution in [0.15, 0.2) is 57.7 Å². The maximum atomic E-state index is 12.5. The van der Waals surface area contributed by atoms with E-state index in [0.29, 0.717) is 23.3 Å². The highest BCUT2D eigenvalue weighted by molar-refractivity contribution is 5.96. The quantitative estimate of drug-likeness (QED) is 0.188. The van der Waals surface area contributed by atoms with Crippen LogP contribution in [-0.2, 0) is 12.8 Å². The van der Waals surface area contributed by atoms with Crippen LogP contribution in [0.5, 0.6) is 5.75 Å². The molecule has 0 spiro atoms. The Labute approximate surface area is 222 Å². The van der Waals surface area contributed by atoms with Crippen molar-refractivity contribution in [2.75, 3.05) is 25.5 Å². The zero-order chi connectivity index (χ0) is 26.3. The lowest BCUT2D eigenvalue weighted by molar-refractivity contribution is 0.0949. The second-order valence-corrected chi connectivity index (χ2v) is 9.94. The average Bonchev–Trinajstić information content (AvgIpc) is 2.94. The fourth-order valence-corrected chi connectivity index (χ4v) is 5.24. The molecule has 5 rings (SSSR count). The molecule has 1 amide bonds. The molecule has 0 atom stereocenters. The van der Waals surface area contributed by atoms with Crippen LogP contribution in [0.2, 0.25) is 0 Å². The number of fused-ring (bicyclic) bond motifs is 3. The van der Waals surface area contributed by atoms with Crippen molar-refractivity contribution in [3.05, 3.63) is 75.8 Å². The first-order chi connectivity index (χ1) is 18.6. The number of amides is 1. The summed E-state index contributed by atoms with van der Waals surface area (Å²) >= 11 is 0. The van der Waals surface area contributed by atoms with E-state index in [-0.39, 0.29) is 5.56 Å². The largest absolute Gasteiger partial charge is 0.497 e. The van der Waals surface area contributed by atoms with E-state index in [1.165, 1.54) is 35.2 Å². The van der Waals surface area contributed by atoms with Crippen LogP contribution < -0.4 is 21.0 Å². The number of para-hydroxylation sites is 1. The average molecular weight is 514 g/mol. The Bertz CT molecular complexity index is 1490. The smallest absolute Gasteiger partial charge is 0.349 e. The lowest BCUT2D eigenvalue weighted by atomic mass is 9.92. The van der Waals surface area contributed by atoms with E-state index in [1.54, 1.807) is 31.4 Å². The fourth-order valence-electron chi connectivity index (χ4n) is 5.24. The van der Waals surface area contributed by atoms with Gasteiger partial charge < -0.3 is 19.8 Å². The number of aryl methyl sites for hydroxylation is 1. The molecule has 2 aromatic heterocycles. The number of carbonyl (C=O) groups is 1. The summed E-state index contributed by atoms with van der Waals surface area (Å²) in [7, 11) is 1.55. The van der Waals surface area contributed by atoms with E-state index in [2.05, 4.69) is 34.9 Å². The van der Waals surface area contributed by atoms with Gasteiger partial charge in [0, 0.05) is 41.3 Å². The van der Waals surface area contributed by atoms with Crippen molar-refractivity contribution < 1.29 is 13.9 Å². The number of aromatic nitrogens is 1. The Hall–Kier alpha value is -3.87. The molecule has 7 nitrogen and oxygen atoms in total. The summed E-state index contributed by atoms with van der Waals surface area (Å²) in [4.78, 5) is 29.7. The van der Waals surface area contributed by atoms with Crippen molar-refractivity contribution in [1.82, 2.24) is 10.3 Å². The van der Waals surface area contributed by atoms with Gasteiger partial charge in [0.05, 0.1) is 12.6 Å². The van der Waals surface area contributed by atoms with Crippen molar-refractivity contribution in [1.29, 1.82) is 0 Å². The molecule has 38 heavy (non-hydrogen) atoms. The van der Waals surface area contributed by atoms with Gasteiger partial charge in [-0.05, 0) is 68.4 Å². The molecule has 1 aliphatic carbocycles. The summed E-state index contributed by atoms with van der Waals surface area (Å²) in [5.74, 6) is 0.201. The number of unbranched alkanes of at least 4 members (excludes halogenated alkanes) is 4. The van der Waals surface area contributed by atoms with Gasteiger partial charge in [-0.3, -0.25) is 9.78 Å². The summed E-state index contributed by atoms with van der Waals surface area (Å²) in [6, 6.07) is 15.2. The van der Waals surface area contributed by atoms with E-state index in [0.717, 1.165) is 57.0 Å². The first kappa shape index (κ1) is 25.8. The van der Waals surface area contributed by atoms with Gasteiger partial charge in [-0.15, -0.1) is 0 Å². The van der Waals surface area contributed by atoms with Gasteiger partial charge in [0.1, 0.15) is 16.9 Å². The highest BCUT2D eigenvalue weighted by atomic mass is 16.5. The lowest BCUT2D eigenvalue weighted by Crippen LogP contribution is -2.29. The van der Waals surface area contributed by atoms with Crippen LogP contribution >= 0.6 is 0 Å². The summed E-state index contributed by atoms with van der Waals surface area (Å²) in [6.07, 6.45) is 9.88. The van der Waals surface area contributed by atoms with Crippen LogP contribution in [0.1, 0.15) is 66.6 Å². The number of anilines is 1. The second-order valence-electron chi connectivity index (χ2n) is 9.94. The Morgan fingerprint density at radius 2 is 1.76 bits per heavy atom. The number of nitrogens with one attached hydrogen (secondary N) is 2. The number of hydrogen-bond donors (Lipinski definition) is 2. The van der Waals surface area contributed by atoms with Crippen molar-refractivity contribution in [2.45, 2.75) is 57.8 Å². The molecule has 7 heteroatoms. The third kappa shape index (κ3) is 5.82. The highest BCUT2D eigenvalue weighted by Crippen LogP contribution is 2.33. The number of nitrogens with zero attached hydrogens (tertiary/aromatic N) is 1. The van der Waals surface area contributed by atoms with Gasteiger partial charge in [0.25, 0.3) is 5.91 Å². The first-order valence-electron chi connectivity index (χ1n) is 13.7. The van der Waals surface area contributed by atoms with E-state index < -0.39 is 11.5 Å². The lowest BCUT2D eigenvalue weighted by Gasteiger charge is -2.21. The zero-order valence-corrected chi connectivity index (χ0v) is 22.0. The highest BCUT2D eigenvalue weighted by Gasteiger charge is 2.18. The number of hydrogen-bond acceptors (Lipinski definition) is 6. The van der Waals surface area contributed by atoms with Gasteiger partial charge in [0.2, 0.25) is 0 Å². The molecule has 4 aromatic rings. The SMILES string of the molecule is COc1ccc2cc(C(=O)NCCCCCCCNc3c4c(nc5ccccc35)CCCC4)c(=O)oc2c1. The maximum absolute atomic E-state index is 12.5. The second kappa shape index (κ2) is 12.1. The Balaban J connectivity index is 1.04. The Kier molecular flexibility index (Phi) is 8.22. The van der Waals surface area contributed by atoms with Crippen molar-refractivity contribution in [3.63, 3.8) is 0 Å². The third-order valence-corrected chi connectivity index (χ3v) is 7.30. The number of rotatable bonds is 11. The van der Waals surface area contributed by atoms with Crippen molar-refractivity contribution >= 4 is 33.5 Å². The van der Waals surface area contributed by atoms with Gasteiger partial charge >= 0.3 is 5.63 Å². The van der Waals surface area contributed by atoms with Gasteiger partial charge in [-0.1, -0.05) is 37.5 Å². The molecule has 2 N–H and O–H groups in total. The number of benzene rings is 2. The summed E-state index contributed by atoms with van der Waals surface area (Å²) < 4.78 is 10.5. The minimum absolute atomic E-state index is 0.0274. The van der Waals surface area contributed by atoms with Crippen LogP contribution in [0, 0.1) is 0 Å². The Morgan fingerprint density at radius 1 is 0.974 bits per heavy atom. The van der Waals surface area contributed by atoms with E-state index in [1.807, 2.05) is 0 Å². The Morgan fingerprint density at radius 3 is 2.63 bits per heavy atom. The molecular weight excluding hydrogens is 478 g/mol. The standard InChI is InChI=1S/C31H35N3O4/c1-37-22-16-15-21-19-25(31(36)38-28(21)20-22)30(35)33-18-10-4-2-3-9-17-32-29-23-11-5-7-13-26(23)34-27-14-8-6-12-24(27)29/h5,7,11,13,15-16,19-20H,2-4,6,8-10,12,14,17-18H2,1H3,(H,32,34)(H,33,35). The fraction of sp³-hybridized carbons (Fsp3) is 0.387. The maximum Gasteiger partial charge on any atom is 0.349 e. The number of pyridine rings is 1. The molecule has 2 heterocycles. The first-order valence-corrected chi connectivity index (χ1v) is 13.7. The molecular formula is C31H35N3O4. The monoisotopic (exact) mass is 513 g/mol. The number of ether oxygens (including phenoxy) is 1. The molecule has 0 saturated heterocycles. The zero-order valence-electron chi connectivity index (χ0n) is 22.0. The normalized spacial score (nSPS) is 12.9. The topological polar surface area (TPSA) is 93.5 Å². The molecule has 2 aromatic carbocycles. The molecule has 0 radical (unpaired) electrons. The van der Waals surface area contributed by atoms with Gasteiger partial charge in [-0.2, -0.15) is 0 Å². The molecule has 1 aliphatic rings. The van der Waals surface area contributed by atoms with Crippen molar-refractivity contribution in [2.24, 2.45) is 0 Å². The summed E-state index contributed by atoms with van der Waals surface area (Å²) in [5.41, 5.74) is 4.83. The molecule has 0 saturated carbocycles. The van der Waals surface area contributed by atoms with Gasteiger partial charge in [-0.25, -0.2) is 4.79 Å². The number of carbonyl (C=O) groups excluding carboxylic acids is 1. The van der Waals surface area contributed by atoms with E-state index >= 15 is 0 Å². The number of methoxy groups -OCH3 is 1. The molecule has 0 fully saturated rings. The van der Waals surface area contributed by atoms with E-state index in [9.17, 15) is 9.59 Å². The van der Waals surface area contributed by atoms with Crippen LogP contribution in [0.4, 0.5) is 5.69 Å². The van der Waals surface area contributed by atoms with Crippen LogP contribution in [0.3, 0.4) is 0 Å². The molecule has 0 bridgehead atoms. The van der Waals surface area contributed by atoms with Crippen LogP contribution in [0.25, 0.3) is 21.9 Å². The summed E-state index contributed by atoms with van der Waals surface area (Å²) in [5, 5.41) is 8.50. The molecule has 198 valence electrons. The third-order valence-electron chi connectivity index (χ3n) is 7.30. The van der Waals surface area contributed by atoms with E-state index in [4.69, 9.17) is 14.1 Å². The molecule has 0 unspecified atom stereocenters. The van der Waals surface area contributed by atoms with Crippen LogP contribution in [-0.4, -0.2) is 31.1 Å². The minimum atomic E-state index is -0.640.